The highest BCUT2D eigenvalue weighted by atomic mass is 35.5. The lowest BCUT2D eigenvalue weighted by Gasteiger charge is -2.03. The molecule has 0 fully saturated rings. The fourth-order valence-corrected chi connectivity index (χ4v) is 2.52. The second-order valence-corrected chi connectivity index (χ2v) is 5.39. The van der Waals surface area contributed by atoms with Gasteiger partial charge in [0.2, 0.25) is 5.28 Å². The summed E-state index contributed by atoms with van der Waals surface area (Å²) in [6.07, 6.45) is 3.97. The zero-order chi connectivity index (χ0) is 15.7. The Balaban J connectivity index is 2.14. The zero-order valence-corrected chi connectivity index (χ0v) is 12.9. The maximum atomic E-state index is 11.4. The molecule has 5 nitrogen and oxygen atoms in total. The minimum atomic E-state index is 0.133. The third-order valence-corrected chi connectivity index (χ3v) is 3.39. The van der Waals surface area contributed by atoms with E-state index >= 15 is 0 Å². The number of nitrogens with zero attached hydrogens (tertiary/aromatic N) is 4. The first kappa shape index (κ1) is 14.4. The van der Waals surface area contributed by atoms with Crippen molar-refractivity contribution in [3.63, 3.8) is 0 Å². The van der Waals surface area contributed by atoms with Crippen molar-refractivity contribution in [3.05, 3.63) is 58.6 Å². The topological polar surface area (TPSA) is 60.7 Å². The second-order valence-electron chi connectivity index (χ2n) is 5.06. The molecule has 0 aliphatic heterocycles. The Morgan fingerprint density at radius 3 is 2.55 bits per heavy atom. The molecule has 3 aromatic rings. The van der Waals surface area contributed by atoms with Crippen LogP contribution in [-0.4, -0.2) is 26.0 Å². The van der Waals surface area contributed by atoms with E-state index in [1.165, 1.54) is 4.68 Å². The molecule has 3 rings (SSSR count). The molecule has 0 saturated carbocycles. The minimum Gasteiger partial charge on any atom is -0.298 e. The van der Waals surface area contributed by atoms with Gasteiger partial charge in [0.05, 0.1) is 5.56 Å². The number of hydrogen-bond acceptors (Lipinski definition) is 4. The SMILES string of the molecule is Cc1cc(C)cc(-c2nn(-c3ccnc(Cl)n3)cc2C=O)c1. The molecule has 0 aliphatic rings. The maximum absolute atomic E-state index is 11.4. The van der Waals surface area contributed by atoms with Crippen LogP contribution in [0.25, 0.3) is 17.1 Å². The average molecular weight is 313 g/mol. The molecule has 22 heavy (non-hydrogen) atoms. The number of benzene rings is 1. The van der Waals surface area contributed by atoms with Crippen LogP contribution in [0.1, 0.15) is 21.5 Å². The van der Waals surface area contributed by atoms with E-state index in [0.29, 0.717) is 17.1 Å². The largest absolute Gasteiger partial charge is 0.298 e. The number of carbonyl (C=O) groups is 1. The lowest BCUT2D eigenvalue weighted by atomic mass is 10.0. The van der Waals surface area contributed by atoms with Gasteiger partial charge in [-0.2, -0.15) is 10.1 Å². The predicted octanol–water partition coefficient (Wildman–Crippen LogP) is 3.41. The van der Waals surface area contributed by atoms with E-state index in [-0.39, 0.29) is 5.28 Å². The molecule has 2 heterocycles. The van der Waals surface area contributed by atoms with Gasteiger partial charge in [-0.1, -0.05) is 17.2 Å². The summed E-state index contributed by atoms with van der Waals surface area (Å²) in [5, 5.41) is 4.61. The number of hydrogen-bond donors (Lipinski definition) is 0. The summed E-state index contributed by atoms with van der Waals surface area (Å²) in [5.74, 6) is 0.513. The minimum absolute atomic E-state index is 0.133. The van der Waals surface area contributed by atoms with Crippen molar-refractivity contribution in [1.29, 1.82) is 0 Å². The van der Waals surface area contributed by atoms with Gasteiger partial charge in [0, 0.05) is 24.0 Å². The lowest BCUT2D eigenvalue weighted by Crippen LogP contribution is -1.99. The van der Waals surface area contributed by atoms with Gasteiger partial charge in [-0.15, -0.1) is 0 Å². The van der Waals surface area contributed by atoms with Gasteiger partial charge in [-0.25, -0.2) is 9.67 Å². The number of aromatic nitrogens is 4. The van der Waals surface area contributed by atoms with E-state index in [0.717, 1.165) is 23.0 Å². The Morgan fingerprint density at radius 1 is 1.18 bits per heavy atom. The molecule has 0 unspecified atom stereocenters. The summed E-state index contributed by atoms with van der Waals surface area (Å²) in [5.41, 5.74) is 4.26. The van der Waals surface area contributed by atoms with Crippen LogP contribution in [0.5, 0.6) is 0 Å². The molecule has 0 spiro atoms. The van der Waals surface area contributed by atoms with Gasteiger partial charge in [-0.05, 0) is 37.6 Å². The van der Waals surface area contributed by atoms with Crippen LogP contribution in [0.4, 0.5) is 0 Å². The first-order valence-electron chi connectivity index (χ1n) is 6.69. The molecule has 0 bridgehead atoms. The van der Waals surface area contributed by atoms with Crippen molar-refractivity contribution < 1.29 is 4.79 Å². The summed E-state index contributed by atoms with van der Waals surface area (Å²) in [6, 6.07) is 7.75. The van der Waals surface area contributed by atoms with Crippen molar-refractivity contribution in [3.8, 4) is 17.1 Å². The first-order valence-corrected chi connectivity index (χ1v) is 7.07. The van der Waals surface area contributed by atoms with Crippen molar-refractivity contribution in [1.82, 2.24) is 19.7 Å². The fraction of sp³-hybridized carbons (Fsp3) is 0.125. The third-order valence-electron chi connectivity index (χ3n) is 3.21. The summed E-state index contributed by atoms with van der Waals surface area (Å²) >= 11 is 5.80. The summed E-state index contributed by atoms with van der Waals surface area (Å²) < 4.78 is 1.53. The standard InChI is InChI=1S/C16H13ClN4O/c1-10-5-11(2)7-12(6-10)15-13(9-22)8-21(20-15)14-3-4-18-16(17)19-14/h3-9H,1-2H3. The third kappa shape index (κ3) is 2.76. The molecule has 0 atom stereocenters. The van der Waals surface area contributed by atoms with E-state index in [2.05, 4.69) is 21.1 Å². The van der Waals surface area contributed by atoms with Gasteiger partial charge in [0.15, 0.2) is 12.1 Å². The van der Waals surface area contributed by atoms with Crippen LogP contribution in [-0.2, 0) is 0 Å². The number of carbonyl (C=O) groups excluding carboxylic acids is 1. The molecule has 6 heteroatoms. The van der Waals surface area contributed by atoms with E-state index in [4.69, 9.17) is 11.6 Å². The summed E-state index contributed by atoms with van der Waals surface area (Å²) in [6.45, 7) is 4.02. The van der Waals surface area contributed by atoms with Crippen LogP contribution in [0.2, 0.25) is 5.28 Å². The van der Waals surface area contributed by atoms with Gasteiger partial charge in [0.25, 0.3) is 0 Å². The molecule has 0 radical (unpaired) electrons. The van der Waals surface area contributed by atoms with Gasteiger partial charge < -0.3 is 0 Å². The van der Waals surface area contributed by atoms with Crippen LogP contribution in [0.15, 0.2) is 36.7 Å². The highest BCUT2D eigenvalue weighted by molar-refractivity contribution is 6.28. The smallest absolute Gasteiger partial charge is 0.224 e. The highest BCUT2D eigenvalue weighted by Gasteiger charge is 2.13. The Labute approximate surface area is 132 Å². The molecule has 1 aromatic carbocycles. The van der Waals surface area contributed by atoms with E-state index in [1.807, 2.05) is 26.0 Å². The first-order chi connectivity index (χ1) is 10.6. The Hall–Kier alpha value is -2.53. The number of halogens is 1. The van der Waals surface area contributed by atoms with Crippen molar-refractivity contribution in [2.45, 2.75) is 13.8 Å². The quantitative estimate of drug-likeness (QED) is 0.549. The monoisotopic (exact) mass is 312 g/mol. The van der Waals surface area contributed by atoms with Gasteiger partial charge in [-0.3, -0.25) is 4.79 Å². The van der Waals surface area contributed by atoms with Crippen LogP contribution < -0.4 is 0 Å². The highest BCUT2D eigenvalue weighted by Crippen LogP contribution is 2.24. The Bertz CT molecular complexity index is 837. The second kappa shape index (κ2) is 5.69. The van der Waals surface area contributed by atoms with Crippen molar-refractivity contribution in [2.24, 2.45) is 0 Å². The number of aldehydes is 1. The Morgan fingerprint density at radius 2 is 1.91 bits per heavy atom. The lowest BCUT2D eigenvalue weighted by molar-refractivity contribution is 0.112. The van der Waals surface area contributed by atoms with E-state index in [9.17, 15) is 4.79 Å². The van der Waals surface area contributed by atoms with Crippen LogP contribution in [0, 0.1) is 13.8 Å². The molecular weight excluding hydrogens is 300 g/mol. The number of rotatable bonds is 3. The normalized spacial score (nSPS) is 10.7. The predicted molar refractivity (Wildman–Crippen MR) is 84.5 cm³/mol. The molecule has 110 valence electrons. The molecule has 0 amide bonds. The summed E-state index contributed by atoms with van der Waals surface area (Å²) in [4.78, 5) is 19.3. The van der Waals surface area contributed by atoms with Crippen LogP contribution in [0.3, 0.4) is 0 Å². The average Bonchev–Trinajstić information content (AvgIpc) is 2.90. The van der Waals surface area contributed by atoms with Gasteiger partial charge >= 0.3 is 0 Å². The van der Waals surface area contributed by atoms with Gasteiger partial charge in [0.1, 0.15) is 5.69 Å². The van der Waals surface area contributed by atoms with Crippen molar-refractivity contribution in [2.75, 3.05) is 0 Å². The molecular formula is C16H13ClN4O. The molecule has 0 saturated heterocycles. The maximum Gasteiger partial charge on any atom is 0.224 e. The van der Waals surface area contributed by atoms with Crippen LogP contribution >= 0.6 is 11.6 Å². The fourth-order valence-electron chi connectivity index (χ4n) is 2.38. The van der Waals surface area contributed by atoms with E-state index < -0.39 is 0 Å². The Kier molecular flexibility index (Phi) is 3.73. The zero-order valence-electron chi connectivity index (χ0n) is 12.1. The van der Waals surface area contributed by atoms with E-state index in [1.54, 1.807) is 18.5 Å². The molecule has 2 aromatic heterocycles. The molecule has 0 aliphatic carbocycles. The number of aryl methyl sites for hydroxylation is 2. The van der Waals surface area contributed by atoms with Crippen molar-refractivity contribution >= 4 is 17.9 Å². The molecule has 0 N–H and O–H groups in total. The summed E-state index contributed by atoms with van der Waals surface area (Å²) in [7, 11) is 0.